The van der Waals surface area contributed by atoms with Crippen molar-refractivity contribution < 1.29 is 10.1 Å². The summed E-state index contributed by atoms with van der Waals surface area (Å²) in [6, 6.07) is 16.0. The van der Waals surface area contributed by atoms with Crippen molar-refractivity contribution in [3.05, 3.63) is 76.1 Å². The largest absolute Gasteiger partial charge is 0.333 e. The monoisotopic (exact) mass is 397 g/mol. The van der Waals surface area contributed by atoms with Crippen LogP contribution in [0.4, 0.5) is 5.69 Å². The number of amides is 1. The SMILES string of the molecule is Cc1ccc(-n2nc(C)c(NC(=O)C[NH2+][C@@H](C)c3ccc(Cl)cc3)c2C)cc1. The number of rotatable bonds is 6. The van der Waals surface area contributed by atoms with E-state index in [9.17, 15) is 4.79 Å². The van der Waals surface area contributed by atoms with Gasteiger partial charge in [0, 0.05) is 10.6 Å². The van der Waals surface area contributed by atoms with Crippen LogP contribution in [0.1, 0.15) is 35.5 Å². The molecule has 5 nitrogen and oxygen atoms in total. The van der Waals surface area contributed by atoms with Gasteiger partial charge in [-0.05, 0) is 52.0 Å². The Morgan fingerprint density at radius 3 is 2.39 bits per heavy atom. The Morgan fingerprint density at radius 1 is 1.11 bits per heavy atom. The molecule has 3 aromatic rings. The van der Waals surface area contributed by atoms with E-state index in [0.29, 0.717) is 11.6 Å². The van der Waals surface area contributed by atoms with E-state index in [4.69, 9.17) is 11.6 Å². The fourth-order valence-corrected chi connectivity index (χ4v) is 3.26. The lowest BCUT2D eigenvalue weighted by atomic mass is 10.1. The lowest BCUT2D eigenvalue weighted by Crippen LogP contribution is -2.86. The zero-order valence-corrected chi connectivity index (χ0v) is 17.4. The van der Waals surface area contributed by atoms with E-state index in [-0.39, 0.29) is 11.9 Å². The van der Waals surface area contributed by atoms with Gasteiger partial charge in [0.25, 0.3) is 5.91 Å². The number of aromatic nitrogens is 2. The summed E-state index contributed by atoms with van der Waals surface area (Å²) in [6.45, 7) is 8.34. The van der Waals surface area contributed by atoms with Crippen molar-refractivity contribution in [3.63, 3.8) is 0 Å². The molecule has 1 atom stereocenters. The van der Waals surface area contributed by atoms with Gasteiger partial charge in [0.05, 0.1) is 22.8 Å². The molecule has 146 valence electrons. The average molecular weight is 398 g/mol. The van der Waals surface area contributed by atoms with Crippen LogP contribution in [0.25, 0.3) is 5.69 Å². The van der Waals surface area contributed by atoms with E-state index in [1.807, 2.05) is 60.2 Å². The molecule has 1 amide bonds. The zero-order valence-electron chi connectivity index (χ0n) is 16.7. The van der Waals surface area contributed by atoms with Crippen molar-refractivity contribution >= 4 is 23.2 Å². The van der Waals surface area contributed by atoms with Crippen molar-refractivity contribution in [2.75, 3.05) is 11.9 Å². The van der Waals surface area contributed by atoms with Crippen LogP contribution in [0.3, 0.4) is 0 Å². The van der Waals surface area contributed by atoms with E-state index >= 15 is 0 Å². The Labute approximate surface area is 170 Å². The Morgan fingerprint density at radius 2 is 1.75 bits per heavy atom. The van der Waals surface area contributed by atoms with Gasteiger partial charge in [-0.15, -0.1) is 0 Å². The maximum Gasteiger partial charge on any atom is 0.279 e. The minimum atomic E-state index is -0.0459. The molecular formula is C22H26ClN4O+. The lowest BCUT2D eigenvalue weighted by molar-refractivity contribution is -0.682. The summed E-state index contributed by atoms with van der Waals surface area (Å²) in [4.78, 5) is 12.5. The number of halogens is 1. The standard InChI is InChI=1S/C22H25ClN4O/c1-14-5-11-20(12-6-14)27-17(4)22(16(3)26-27)25-21(28)13-24-15(2)18-7-9-19(23)10-8-18/h5-12,15,24H,13H2,1-4H3,(H,25,28)/p+1/t15-/m0/s1. The number of nitrogens with two attached hydrogens (primary N) is 1. The van der Waals surface area contributed by atoms with E-state index in [1.54, 1.807) is 0 Å². The van der Waals surface area contributed by atoms with Crippen LogP contribution in [0.15, 0.2) is 48.5 Å². The maximum absolute atomic E-state index is 12.5. The molecule has 6 heteroatoms. The average Bonchev–Trinajstić information content (AvgIpc) is 2.95. The van der Waals surface area contributed by atoms with Gasteiger partial charge < -0.3 is 10.6 Å². The fourth-order valence-electron chi connectivity index (χ4n) is 3.14. The molecular weight excluding hydrogens is 372 g/mol. The number of carbonyl (C=O) groups is 1. The number of quaternary nitrogens is 1. The lowest BCUT2D eigenvalue weighted by Gasteiger charge is -2.11. The predicted octanol–water partition coefficient (Wildman–Crippen LogP) is 3.71. The summed E-state index contributed by atoms with van der Waals surface area (Å²) in [7, 11) is 0. The highest BCUT2D eigenvalue weighted by atomic mass is 35.5. The Hall–Kier alpha value is -2.63. The third-order valence-corrected chi connectivity index (χ3v) is 5.14. The predicted molar refractivity (Wildman–Crippen MR) is 113 cm³/mol. The molecule has 0 aliphatic heterocycles. The smallest absolute Gasteiger partial charge is 0.279 e. The molecule has 0 spiro atoms. The summed E-state index contributed by atoms with van der Waals surface area (Å²) in [5.41, 5.74) is 5.81. The number of hydrogen-bond acceptors (Lipinski definition) is 2. The highest BCUT2D eigenvalue weighted by Crippen LogP contribution is 2.23. The summed E-state index contributed by atoms with van der Waals surface area (Å²) in [5.74, 6) is -0.0459. The number of nitrogens with zero attached hydrogens (tertiary/aromatic N) is 2. The van der Waals surface area contributed by atoms with Crippen LogP contribution in [-0.2, 0) is 4.79 Å². The second kappa shape index (κ2) is 8.59. The molecule has 2 aromatic carbocycles. The second-order valence-corrected chi connectivity index (χ2v) is 7.56. The highest BCUT2D eigenvalue weighted by molar-refractivity contribution is 6.30. The molecule has 1 heterocycles. The van der Waals surface area contributed by atoms with Gasteiger partial charge in [-0.1, -0.05) is 41.4 Å². The van der Waals surface area contributed by atoms with Crippen molar-refractivity contribution in [3.8, 4) is 5.69 Å². The van der Waals surface area contributed by atoms with Crippen LogP contribution in [0, 0.1) is 20.8 Å². The van der Waals surface area contributed by atoms with Crippen molar-refractivity contribution in [1.82, 2.24) is 9.78 Å². The van der Waals surface area contributed by atoms with Crippen LogP contribution in [0.2, 0.25) is 5.02 Å². The summed E-state index contributed by atoms with van der Waals surface area (Å²) in [6.07, 6.45) is 0. The molecule has 3 rings (SSSR count). The number of aryl methyl sites for hydroxylation is 2. The molecule has 3 N–H and O–H groups in total. The van der Waals surface area contributed by atoms with Crippen LogP contribution in [-0.4, -0.2) is 22.2 Å². The third kappa shape index (κ3) is 4.61. The molecule has 0 saturated heterocycles. The van der Waals surface area contributed by atoms with Crippen LogP contribution < -0.4 is 10.6 Å². The number of benzene rings is 2. The molecule has 0 bridgehead atoms. The molecule has 0 unspecified atom stereocenters. The van der Waals surface area contributed by atoms with E-state index in [2.05, 4.69) is 36.4 Å². The van der Waals surface area contributed by atoms with Gasteiger partial charge in [-0.2, -0.15) is 5.10 Å². The minimum Gasteiger partial charge on any atom is -0.333 e. The van der Waals surface area contributed by atoms with Gasteiger partial charge in [0.1, 0.15) is 6.04 Å². The molecule has 28 heavy (non-hydrogen) atoms. The van der Waals surface area contributed by atoms with Gasteiger partial charge in [0.15, 0.2) is 6.54 Å². The molecule has 0 aliphatic rings. The Balaban J connectivity index is 1.65. The number of anilines is 1. The van der Waals surface area contributed by atoms with Gasteiger partial charge in [-0.3, -0.25) is 4.79 Å². The normalized spacial score (nSPS) is 12.0. The zero-order chi connectivity index (χ0) is 20.3. The molecule has 0 radical (unpaired) electrons. The first kappa shape index (κ1) is 20.1. The molecule has 1 aromatic heterocycles. The highest BCUT2D eigenvalue weighted by Gasteiger charge is 2.17. The first-order valence-corrected chi connectivity index (χ1v) is 9.75. The van der Waals surface area contributed by atoms with E-state index < -0.39 is 0 Å². The first-order chi connectivity index (χ1) is 13.3. The Kier molecular flexibility index (Phi) is 6.17. The fraction of sp³-hybridized carbons (Fsp3) is 0.273. The molecule has 0 saturated carbocycles. The topological polar surface area (TPSA) is 63.5 Å². The summed E-state index contributed by atoms with van der Waals surface area (Å²) in [5, 5.41) is 10.3. The molecule has 0 aliphatic carbocycles. The first-order valence-electron chi connectivity index (χ1n) is 9.37. The second-order valence-electron chi connectivity index (χ2n) is 7.12. The van der Waals surface area contributed by atoms with E-state index in [1.165, 1.54) is 5.56 Å². The summed E-state index contributed by atoms with van der Waals surface area (Å²) >= 11 is 5.94. The van der Waals surface area contributed by atoms with Crippen molar-refractivity contribution in [2.45, 2.75) is 33.7 Å². The number of hydrogen-bond donors (Lipinski definition) is 2. The van der Waals surface area contributed by atoms with Crippen LogP contribution in [0.5, 0.6) is 0 Å². The van der Waals surface area contributed by atoms with Gasteiger partial charge in [-0.25, -0.2) is 4.68 Å². The third-order valence-electron chi connectivity index (χ3n) is 4.89. The van der Waals surface area contributed by atoms with Crippen molar-refractivity contribution in [1.29, 1.82) is 0 Å². The number of nitrogens with one attached hydrogen (secondary N) is 1. The quantitative estimate of drug-likeness (QED) is 0.665. The van der Waals surface area contributed by atoms with Crippen molar-refractivity contribution in [2.24, 2.45) is 0 Å². The van der Waals surface area contributed by atoms with Gasteiger partial charge >= 0.3 is 0 Å². The maximum atomic E-state index is 12.5. The van der Waals surface area contributed by atoms with E-state index in [0.717, 1.165) is 28.3 Å². The van der Waals surface area contributed by atoms with Crippen LogP contribution >= 0.6 is 11.6 Å². The number of carbonyl (C=O) groups excluding carboxylic acids is 1. The summed E-state index contributed by atoms with van der Waals surface area (Å²) < 4.78 is 1.87. The minimum absolute atomic E-state index is 0.0459. The molecule has 0 fully saturated rings. The Bertz CT molecular complexity index is 961. The van der Waals surface area contributed by atoms with Gasteiger partial charge in [0.2, 0.25) is 0 Å².